The number of likely N-dealkylation sites (tertiary alicyclic amines) is 1. The summed E-state index contributed by atoms with van der Waals surface area (Å²) in [7, 11) is 0. The fourth-order valence-corrected chi connectivity index (χ4v) is 2.78. The SMILES string of the molecule is Cc1nc(Nc2cnccn2)cc([C@@H]2CCN(CCO)C2)n1. The fraction of sp³-hybridized carbons (Fsp3) is 0.467. The Morgan fingerprint density at radius 1 is 1.32 bits per heavy atom. The molecule has 0 spiro atoms. The van der Waals surface area contributed by atoms with Crippen molar-refractivity contribution >= 4 is 11.6 Å². The first-order chi connectivity index (χ1) is 10.7. The lowest BCUT2D eigenvalue weighted by molar-refractivity contribution is 0.220. The van der Waals surface area contributed by atoms with Crippen LogP contribution in [-0.4, -0.2) is 56.2 Å². The van der Waals surface area contributed by atoms with Gasteiger partial charge in [-0.3, -0.25) is 4.98 Å². The number of anilines is 2. The van der Waals surface area contributed by atoms with E-state index in [1.165, 1.54) is 0 Å². The normalized spacial score (nSPS) is 18.5. The van der Waals surface area contributed by atoms with Crippen LogP contribution in [0.2, 0.25) is 0 Å². The van der Waals surface area contributed by atoms with Gasteiger partial charge >= 0.3 is 0 Å². The van der Waals surface area contributed by atoms with Gasteiger partial charge in [0.25, 0.3) is 0 Å². The van der Waals surface area contributed by atoms with Crippen molar-refractivity contribution < 1.29 is 5.11 Å². The van der Waals surface area contributed by atoms with Gasteiger partial charge in [-0.1, -0.05) is 0 Å². The molecule has 1 aliphatic rings. The van der Waals surface area contributed by atoms with Crippen LogP contribution < -0.4 is 5.32 Å². The van der Waals surface area contributed by atoms with Gasteiger partial charge in [0.2, 0.25) is 0 Å². The fourth-order valence-electron chi connectivity index (χ4n) is 2.78. The molecule has 7 heteroatoms. The third-order valence-corrected chi connectivity index (χ3v) is 3.78. The van der Waals surface area contributed by atoms with Crippen LogP contribution >= 0.6 is 0 Å². The molecule has 2 N–H and O–H groups in total. The molecule has 0 bridgehead atoms. The van der Waals surface area contributed by atoms with Gasteiger partial charge in [0, 0.05) is 37.5 Å². The lowest BCUT2D eigenvalue weighted by Crippen LogP contribution is -2.24. The average Bonchev–Trinajstić information content (AvgIpc) is 2.97. The number of aliphatic hydroxyl groups excluding tert-OH is 1. The van der Waals surface area contributed by atoms with Gasteiger partial charge in [-0.2, -0.15) is 0 Å². The molecule has 0 aliphatic carbocycles. The molecule has 0 aromatic carbocycles. The van der Waals surface area contributed by atoms with Gasteiger partial charge in [-0.05, 0) is 19.9 Å². The Morgan fingerprint density at radius 3 is 3.00 bits per heavy atom. The summed E-state index contributed by atoms with van der Waals surface area (Å²) in [5.41, 5.74) is 1.04. The Bertz CT molecular complexity index is 621. The van der Waals surface area contributed by atoms with Crippen LogP contribution in [0.15, 0.2) is 24.7 Å². The summed E-state index contributed by atoms with van der Waals surface area (Å²) < 4.78 is 0. The molecule has 0 amide bonds. The van der Waals surface area contributed by atoms with Crippen molar-refractivity contribution in [2.45, 2.75) is 19.3 Å². The first-order valence-electron chi connectivity index (χ1n) is 7.46. The molecule has 0 unspecified atom stereocenters. The Balaban J connectivity index is 1.76. The molecule has 3 rings (SSSR count). The molecule has 116 valence electrons. The number of hydrogen-bond acceptors (Lipinski definition) is 7. The number of aryl methyl sites for hydroxylation is 1. The van der Waals surface area contributed by atoms with Crippen molar-refractivity contribution in [3.05, 3.63) is 36.2 Å². The van der Waals surface area contributed by atoms with E-state index in [9.17, 15) is 0 Å². The van der Waals surface area contributed by atoms with E-state index in [4.69, 9.17) is 5.11 Å². The molecule has 0 radical (unpaired) electrons. The summed E-state index contributed by atoms with van der Waals surface area (Å²) in [6.07, 6.45) is 5.99. The predicted octanol–water partition coefficient (Wildman–Crippen LogP) is 1.10. The number of nitrogens with one attached hydrogen (secondary N) is 1. The summed E-state index contributed by atoms with van der Waals surface area (Å²) in [5, 5.41) is 12.2. The van der Waals surface area contributed by atoms with E-state index in [1.54, 1.807) is 18.6 Å². The van der Waals surface area contributed by atoms with Crippen molar-refractivity contribution in [2.24, 2.45) is 0 Å². The molecular formula is C15H20N6O. The molecule has 1 aliphatic heterocycles. The monoisotopic (exact) mass is 300 g/mol. The predicted molar refractivity (Wildman–Crippen MR) is 83.0 cm³/mol. The van der Waals surface area contributed by atoms with Gasteiger partial charge in [0.05, 0.1) is 18.5 Å². The Kier molecular flexibility index (Phi) is 4.55. The summed E-state index contributed by atoms with van der Waals surface area (Å²) in [6.45, 7) is 4.76. The molecular weight excluding hydrogens is 280 g/mol. The van der Waals surface area contributed by atoms with Gasteiger partial charge in [-0.25, -0.2) is 15.0 Å². The van der Waals surface area contributed by atoms with Gasteiger partial charge < -0.3 is 15.3 Å². The van der Waals surface area contributed by atoms with Crippen LogP contribution in [0.3, 0.4) is 0 Å². The zero-order valence-corrected chi connectivity index (χ0v) is 12.6. The van der Waals surface area contributed by atoms with Crippen molar-refractivity contribution in [3.63, 3.8) is 0 Å². The highest BCUT2D eigenvalue weighted by molar-refractivity contribution is 5.50. The van der Waals surface area contributed by atoms with Crippen molar-refractivity contribution in [2.75, 3.05) is 31.6 Å². The largest absolute Gasteiger partial charge is 0.395 e. The average molecular weight is 300 g/mol. The number of aromatic nitrogens is 4. The molecule has 0 saturated carbocycles. The standard InChI is InChI=1S/C15H20N6O/c1-11-18-13(12-2-5-21(10-12)6-7-22)8-14(19-11)20-15-9-16-3-4-17-15/h3-4,8-9,12,22H,2,5-7,10H2,1H3,(H,17,18,19,20)/t12-/m1/s1. The van der Waals surface area contributed by atoms with E-state index < -0.39 is 0 Å². The number of nitrogens with zero attached hydrogens (tertiary/aromatic N) is 5. The summed E-state index contributed by atoms with van der Waals surface area (Å²) in [6, 6.07) is 1.98. The highest BCUT2D eigenvalue weighted by Gasteiger charge is 2.25. The first-order valence-corrected chi connectivity index (χ1v) is 7.46. The van der Waals surface area contributed by atoms with Crippen molar-refractivity contribution in [3.8, 4) is 0 Å². The number of β-amino-alcohol motifs (C(OH)–C–C–N with tert-alkyl or cyclic N) is 1. The lowest BCUT2D eigenvalue weighted by Gasteiger charge is -2.15. The van der Waals surface area contributed by atoms with E-state index in [1.807, 2.05) is 13.0 Å². The van der Waals surface area contributed by atoms with Crippen LogP contribution in [0.4, 0.5) is 11.6 Å². The van der Waals surface area contributed by atoms with E-state index in [0.717, 1.165) is 43.4 Å². The topological polar surface area (TPSA) is 87.1 Å². The third-order valence-electron chi connectivity index (χ3n) is 3.78. The summed E-state index contributed by atoms with van der Waals surface area (Å²) in [4.78, 5) is 19.5. The molecule has 7 nitrogen and oxygen atoms in total. The zero-order valence-electron chi connectivity index (χ0n) is 12.6. The van der Waals surface area contributed by atoms with E-state index in [2.05, 4.69) is 30.2 Å². The zero-order chi connectivity index (χ0) is 15.4. The molecule has 3 heterocycles. The van der Waals surface area contributed by atoms with Crippen LogP contribution in [0.5, 0.6) is 0 Å². The molecule has 1 fully saturated rings. The summed E-state index contributed by atoms with van der Waals surface area (Å²) in [5.74, 6) is 2.53. The van der Waals surface area contributed by atoms with Gasteiger partial charge in [0.15, 0.2) is 0 Å². The summed E-state index contributed by atoms with van der Waals surface area (Å²) >= 11 is 0. The van der Waals surface area contributed by atoms with E-state index >= 15 is 0 Å². The maximum Gasteiger partial charge on any atom is 0.150 e. The van der Waals surface area contributed by atoms with Gasteiger partial charge in [0.1, 0.15) is 17.5 Å². The Labute approximate surface area is 129 Å². The maximum atomic E-state index is 9.05. The smallest absolute Gasteiger partial charge is 0.150 e. The Hall–Kier alpha value is -2.12. The first kappa shape index (κ1) is 14.8. The van der Waals surface area contributed by atoms with Crippen LogP contribution in [0.25, 0.3) is 0 Å². The van der Waals surface area contributed by atoms with Crippen LogP contribution in [0, 0.1) is 6.92 Å². The second kappa shape index (κ2) is 6.76. The van der Waals surface area contributed by atoms with E-state index in [-0.39, 0.29) is 6.61 Å². The number of hydrogen-bond donors (Lipinski definition) is 2. The number of rotatable bonds is 5. The second-order valence-corrected chi connectivity index (χ2v) is 5.45. The number of aliphatic hydroxyl groups is 1. The third kappa shape index (κ3) is 3.55. The van der Waals surface area contributed by atoms with E-state index in [0.29, 0.717) is 11.7 Å². The lowest BCUT2D eigenvalue weighted by atomic mass is 10.0. The Morgan fingerprint density at radius 2 is 2.23 bits per heavy atom. The second-order valence-electron chi connectivity index (χ2n) is 5.45. The molecule has 2 aromatic rings. The minimum atomic E-state index is 0.203. The molecule has 22 heavy (non-hydrogen) atoms. The quantitative estimate of drug-likeness (QED) is 0.855. The molecule has 1 saturated heterocycles. The highest BCUT2D eigenvalue weighted by Crippen LogP contribution is 2.27. The minimum Gasteiger partial charge on any atom is -0.395 e. The van der Waals surface area contributed by atoms with Crippen molar-refractivity contribution in [1.29, 1.82) is 0 Å². The highest BCUT2D eigenvalue weighted by atomic mass is 16.3. The van der Waals surface area contributed by atoms with Crippen LogP contribution in [-0.2, 0) is 0 Å². The van der Waals surface area contributed by atoms with Gasteiger partial charge in [-0.15, -0.1) is 0 Å². The molecule has 2 aromatic heterocycles. The van der Waals surface area contributed by atoms with Crippen molar-refractivity contribution in [1.82, 2.24) is 24.8 Å². The van der Waals surface area contributed by atoms with Crippen LogP contribution in [0.1, 0.15) is 23.9 Å². The minimum absolute atomic E-state index is 0.203. The molecule has 1 atom stereocenters. The maximum absolute atomic E-state index is 9.05.